The first-order chi connectivity index (χ1) is 14.8. The number of amides is 1. The van der Waals surface area contributed by atoms with E-state index in [0.717, 1.165) is 5.56 Å². The van der Waals surface area contributed by atoms with Gasteiger partial charge in [0.1, 0.15) is 5.75 Å². The summed E-state index contributed by atoms with van der Waals surface area (Å²) in [5.41, 5.74) is 1.44. The third kappa shape index (κ3) is 5.85. The zero-order chi connectivity index (χ0) is 22.4. The van der Waals surface area contributed by atoms with Gasteiger partial charge < -0.3 is 10.1 Å². The largest absolute Gasteiger partial charge is 0.492 e. The average molecular weight is 459 g/mol. The predicted molar refractivity (Wildman–Crippen MR) is 122 cm³/mol. The number of hydrogen-bond donors (Lipinski definition) is 2. The Morgan fingerprint density at radius 3 is 2.45 bits per heavy atom. The Hall–Kier alpha value is -2.87. The van der Waals surface area contributed by atoms with Crippen LogP contribution >= 0.6 is 11.6 Å². The molecular weight excluding hydrogens is 436 g/mol. The van der Waals surface area contributed by atoms with Gasteiger partial charge in [-0.05, 0) is 55.8 Å². The summed E-state index contributed by atoms with van der Waals surface area (Å²) in [4.78, 5) is 12.7. The average Bonchev–Trinajstić information content (AvgIpc) is 2.75. The molecule has 0 bridgehead atoms. The van der Waals surface area contributed by atoms with E-state index in [1.165, 1.54) is 24.3 Å². The number of sulfonamides is 1. The number of hydrogen-bond acceptors (Lipinski definition) is 4. The fourth-order valence-corrected chi connectivity index (χ4v) is 4.44. The zero-order valence-electron chi connectivity index (χ0n) is 17.1. The van der Waals surface area contributed by atoms with E-state index >= 15 is 0 Å². The Kier molecular flexibility index (Phi) is 7.33. The van der Waals surface area contributed by atoms with Gasteiger partial charge in [0.2, 0.25) is 10.0 Å². The fourth-order valence-electron chi connectivity index (χ4n) is 2.99. The molecule has 0 heterocycles. The Labute approximate surface area is 187 Å². The summed E-state index contributed by atoms with van der Waals surface area (Å²) in [6, 6.07) is 19.7. The molecule has 2 N–H and O–H groups in total. The molecule has 0 saturated heterocycles. The smallest absolute Gasteiger partial charge is 0.255 e. The van der Waals surface area contributed by atoms with Crippen LogP contribution in [0.15, 0.2) is 77.7 Å². The van der Waals surface area contributed by atoms with Crippen molar-refractivity contribution in [2.75, 3.05) is 11.9 Å². The summed E-state index contributed by atoms with van der Waals surface area (Å²) in [6.07, 6.45) is 0. The predicted octanol–water partition coefficient (Wildman–Crippen LogP) is 5.03. The Morgan fingerprint density at radius 1 is 1.03 bits per heavy atom. The second kappa shape index (κ2) is 9.96. The SMILES string of the molecule is CCOc1ccc(S(=O)(=O)N[C@@H](C)c2ccccc2)cc1NC(=O)c1cccc(Cl)c1. The van der Waals surface area contributed by atoms with Gasteiger partial charge in [0.15, 0.2) is 0 Å². The van der Waals surface area contributed by atoms with E-state index in [-0.39, 0.29) is 10.6 Å². The highest BCUT2D eigenvalue weighted by atomic mass is 35.5. The van der Waals surface area contributed by atoms with Crippen LogP contribution in [0.5, 0.6) is 5.75 Å². The van der Waals surface area contributed by atoms with Gasteiger partial charge in [0.05, 0.1) is 17.2 Å². The quantitative estimate of drug-likeness (QED) is 0.495. The van der Waals surface area contributed by atoms with Crippen molar-refractivity contribution in [1.29, 1.82) is 0 Å². The molecule has 0 fully saturated rings. The van der Waals surface area contributed by atoms with Crippen molar-refractivity contribution in [1.82, 2.24) is 4.72 Å². The molecule has 0 unspecified atom stereocenters. The van der Waals surface area contributed by atoms with Gasteiger partial charge in [-0.25, -0.2) is 13.1 Å². The number of ether oxygens (including phenoxy) is 1. The molecule has 3 rings (SSSR count). The van der Waals surface area contributed by atoms with Crippen molar-refractivity contribution in [2.24, 2.45) is 0 Å². The minimum absolute atomic E-state index is 0.0140. The van der Waals surface area contributed by atoms with Crippen molar-refractivity contribution >= 4 is 33.2 Å². The second-order valence-electron chi connectivity index (χ2n) is 6.81. The number of carbonyl (C=O) groups is 1. The van der Waals surface area contributed by atoms with E-state index in [9.17, 15) is 13.2 Å². The highest BCUT2D eigenvalue weighted by Crippen LogP contribution is 2.29. The first-order valence-corrected chi connectivity index (χ1v) is 11.6. The van der Waals surface area contributed by atoms with Crippen molar-refractivity contribution in [3.63, 3.8) is 0 Å². The molecule has 1 amide bonds. The second-order valence-corrected chi connectivity index (χ2v) is 8.96. The summed E-state index contributed by atoms with van der Waals surface area (Å²) in [7, 11) is -3.85. The minimum atomic E-state index is -3.85. The van der Waals surface area contributed by atoms with Gasteiger partial charge in [-0.15, -0.1) is 0 Å². The van der Waals surface area contributed by atoms with Crippen molar-refractivity contribution in [3.05, 3.63) is 88.9 Å². The number of halogens is 1. The van der Waals surface area contributed by atoms with E-state index in [0.29, 0.717) is 22.9 Å². The molecule has 1 atom stereocenters. The van der Waals surface area contributed by atoms with Crippen LogP contribution in [-0.2, 0) is 10.0 Å². The van der Waals surface area contributed by atoms with Crippen LogP contribution in [0.4, 0.5) is 5.69 Å². The molecule has 0 aromatic heterocycles. The lowest BCUT2D eigenvalue weighted by Gasteiger charge is -2.17. The molecule has 31 heavy (non-hydrogen) atoms. The van der Waals surface area contributed by atoms with Crippen molar-refractivity contribution < 1.29 is 17.9 Å². The number of rotatable bonds is 8. The highest BCUT2D eigenvalue weighted by molar-refractivity contribution is 7.89. The van der Waals surface area contributed by atoms with Crippen LogP contribution in [0, 0.1) is 0 Å². The molecular formula is C23H23ClN2O4S. The lowest BCUT2D eigenvalue weighted by molar-refractivity contribution is 0.102. The van der Waals surface area contributed by atoms with E-state index in [1.807, 2.05) is 30.3 Å². The maximum absolute atomic E-state index is 13.0. The first kappa shape index (κ1) is 22.8. The van der Waals surface area contributed by atoms with Gasteiger partial charge in [-0.2, -0.15) is 0 Å². The number of anilines is 1. The summed E-state index contributed by atoms with van der Waals surface area (Å²) in [6.45, 7) is 3.93. The van der Waals surface area contributed by atoms with Crippen LogP contribution in [0.25, 0.3) is 0 Å². The summed E-state index contributed by atoms with van der Waals surface area (Å²) in [5.74, 6) is -0.0588. The molecule has 0 saturated carbocycles. The fraction of sp³-hybridized carbons (Fsp3) is 0.174. The maximum atomic E-state index is 13.0. The van der Waals surface area contributed by atoms with E-state index in [2.05, 4.69) is 10.0 Å². The standard InChI is InChI=1S/C23H23ClN2O4S/c1-3-30-22-13-12-20(31(28,29)26-16(2)17-8-5-4-6-9-17)15-21(22)25-23(27)18-10-7-11-19(24)14-18/h4-16,26H,3H2,1-2H3,(H,25,27)/t16-/m0/s1. The van der Waals surface area contributed by atoms with Gasteiger partial charge >= 0.3 is 0 Å². The van der Waals surface area contributed by atoms with Crippen molar-refractivity contribution in [3.8, 4) is 5.75 Å². The van der Waals surface area contributed by atoms with Gasteiger partial charge in [0, 0.05) is 16.6 Å². The number of carbonyl (C=O) groups excluding carboxylic acids is 1. The maximum Gasteiger partial charge on any atom is 0.255 e. The molecule has 6 nitrogen and oxygen atoms in total. The van der Waals surface area contributed by atoms with Crippen LogP contribution in [0.3, 0.4) is 0 Å². The van der Waals surface area contributed by atoms with Crippen molar-refractivity contribution in [2.45, 2.75) is 24.8 Å². The van der Waals surface area contributed by atoms with Gasteiger partial charge in [0.25, 0.3) is 5.91 Å². The molecule has 162 valence electrons. The molecule has 0 spiro atoms. The molecule has 0 aliphatic carbocycles. The summed E-state index contributed by atoms with van der Waals surface area (Å²) >= 11 is 5.96. The van der Waals surface area contributed by atoms with E-state index in [1.54, 1.807) is 32.0 Å². The number of nitrogens with one attached hydrogen (secondary N) is 2. The molecule has 3 aromatic carbocycles. The summed E-state index contributed by atoms with van der Waals surface area (Å²) < 4.78 is 34.1. The van der Waals surface area contributed by atoms with Crippen LogP contribution in [0.2, 0.25) is 5.02 Å². The minimum Gasteiger partial charge on any atom is -0.492 e. The van der Waals surface area contributed by atoms with E-state index < -0.39 is 22.0 Å². The third-order valence-corrected chi connectivity index (χ3v) is 6.30. The zero-order valence-corrected chi connectivity index (χ0v) is 18.7. The third-order valence-electron chi connectivity index (χ3n) is 4.53. The van der Waals surface area contributed by atoms with Crippen LogP contribution in [0.1, 0.15) is 35.8 Å². The van der Waals surface area contributed by atoms with E-state index in [4.69, 9.17) is 16.3 Å². The van der Waals surface area contributed by atoms with Crippen LogP contribution in [-0.4, -0.2) is 20.9 Å². The first-order valence-electron chi connectivity index (χ1n) is 9.71. The number of benzene rings is 3. The Balaban J connectivity index is 1.89. The molecule has 0 aliphatic rings. The monoisotopic (exact) mass is 458 g/mol. The van der Waals surface area contributed by atoms with Gasteiger partial charge in [-0.1, -0.05) is 48.0 Å². The topological polar surface area (TPSA) is 84.5 Å². The summed E-state index contributed by atoms with van der Waals surface area (Å²) in [5, 5.41) is 3.15. The Morgan fingerprint density at radius 2 is 1.77 bits per heavy atom. The van der Waals surface area contributed by atoms with Gasteiger partial charge in [-0.3, -0.25) is 4.79 Å². The Bertz CT molecular complexity index is 1170. The molecule has 0 radical (unpaired) electrons. The highest BCUT2D eigenvalue weighted by Gasteiger charge is 2.21. The molecule has 0 aliphatic heterocycles. The normalized spacial score (nSPS) is 12.2. The molecule has 3 aromatic rings. The lowest BCUT2D eigenvalue weighted by Crippen LogP contribution is -2.27. The lowest BCUT2D eigenvalue weighted by atomic mass is 10.1. The molecule has 8 heteroatoms. The van der Waals surface area contributed by atoms with Crippen LogP contribution < -0.4 is 14.8 Å².